The Morgan fingerprint density at radius 2 is 2.67 bits per heavy atom. The molecule has 0 aromatic carbocycles. The minimum Gasteiger partial charge on any atom is -0.468 e. The minimum atomic E-state index is -0.191. The lowest BCUT2D eigenvalue weighted by Crippen LogP contribution is -2.07. The number of hydrogen-bond donors (Lipinski definition) is 0. The number of hydrazone groups is 1. The van der Waals surface area contributed by atoms with Crippen LogP contribution < -0.4 is 0 Å². The van der Waals surface area contributed by atoms with Gasteiger partial charge in [-0.15, -0.1) is 11.8 Å². The minimum absolute atomic E-state index is 0.191. The van der Waals surface area contributed by atoms with Gasteiger partial charge in [0.05, 0.1) is 19.1 Å². The number of carbonyl (C=O) groups is 1. The number of ether oxygens (including phenoxy) is 1. The summed E-state index contributed by atoms with van der Waals surface area (Å²) in [7, 11) is 3.27. The lowest BCUT2D eigenvalue weighted by Gasteiger charge is -2.07. The zero-order chi connectivity index (χ0) is 8.97. The fourth-order valence-electron chi connectivity index (χ4n) is 0.636. The van der Waals surface area contributed by atoms with E-state index in [4.69, 9.17) is 0 Å². The van der Waals surface area contributed by atoms with Crippen LogP contribution in [-0.4, -0.2) is 41.1 Å². The molecule has 0 spiro atoms. The highest BCUT2D eigenvalue weighted by atomic mass is 32.2. The summed E-state index contributed by atoms with van der Waals surface area (Å²) in [5, 5.41) is 4.02. The molecule has 0 amide bonds. The second-order valence-corrected chi connectivity index (χ2v) is 4.77. The van der Waals surface area contributed by atoms with E-state index in [1.165, 1.54) is 18.9 Å². The molecule has 1 unspecified atom stereocenters. The molecule has 0 radical (unpaired) electrons. The zero-order valence-corrected chi connectivity index (χ0v) is 8.52. The molecule has 0 N–H and O–H groups in total. The standard InChI is InChI=1S/C6H10N2O2S2/c1-8-7-3-6(12-8)11-4-5(9)10-2/h3,6H,4H2,1-2H3. The Bertz CT molecular complexity index is 198. The molecule has 1 aliphatic rings. The Balaban J connectivity index is 2.17. The lowest BCUT2D eigenvalue weighted by molar-refractivity contribution is -0.137. The molecule has 1 aliphatic heterocycles. The monoisotopic (exact) mass is 206 g/mol. The fraction of sp³-hybridized carbons (Fsp3) is 0.667. The molecular weight excluding hydrogens is 196 g/mol. The van der Waals surface area contributed by atoms with E-state index in [1.54, 1.807) is 16.4 Å². The van der Waals surface area contributed by atoms with Crippen molar-refractivity contribution >= 4 is 35.9 Å². The first kappa shape index (κ1) is 9.73. The van der Waals surface area contributed by atoms with E-state index in [0.29, 0.717) is 5.75 Å². The first-order chi connectivity index (χ1) is 5.72. The van der Waals surface area contributed by atoms with E-state index in [-0.39, 0.29) is 10.6 Å². The predicted molar refractivity (Wildman–Crippen MR) is 52.1 cm³/mol. The van der Waals surface area contributed by atoms with Crippen molar-refractivity contribution in [2.45, 2.75) is 4.58 Å². The van der Waals surface area contributed by atoms with Gasteiger partial charge in [-0.25, -0.2) is 4.41 Å². The molecule has 6 heteroatoms. The fourth-order valence-corrected chi connectivity index (χ4v) is 2.53. The van der Waals surface area contributed by atoms with E-state index in [0.717, 1.165) is 0 Å². The van der Waals surface area contributed by atoms with Crippen LogP contribution in [0.5, 0.6) is 0 Å². The Labute approximate surface area is 79.8 Å². The molecule has 1 rings (SSSR count). The van der Waals surface area contributed by atoms with Gasteiger partial charge < -0.3 is 4.74 Å². The highest BCUT2D eigenvalue weighted by Crippen LogP contribution is 2.28. The summed E-state index contributed by atoms with van der Waals surface area (Å²) in [5.74, 6) is 0.192. The highest BCUT2D eigenvalue weighted by molar-refractivity contribution is 8.17. The van der Waals surface area contributed by atoms with Crippen LogP contribution in [0.15, 0.2) is 5.10 Å². The second-order valence-electron chi connectivity index (χ2n) is 2.09. The van der Waals surface area contributed by atoms with Crippen molar-refractivity contribution in [3.63, 3.8) is 0 Å². The molecule has 68 valence electrons. The van der Waals surface area contributed by atoms with Gasteiger partial charge in [-0.3, -0.25) is 4.79 Å². The third-order valence-corrected chi connectivity index (χ3v) is 3.45. The topological polar surface area (TPSA) is 41.9 Å². The van der Waals surface area contributed by atoms with Crippen molar-refractivity contribution in [2.24, 2.45) is 5.10 Å². The van der Waals surface area contributed by atoms with Crippen molar-refractivity contribution in [1.29, 1.82) is 0 Å². The van der Waals surface area contributed by atoms with Crippen molar-refractivity contribution < 1.29 is 9.53 Å². The van der Waals surface area contributed by atoms with Gasteiger partial charge in [-0.1, -0.05) is 0 Å². The van der Waals surface area contributed by atoms with Gasteiger partial charge in [0.25, 0.3) is 0 Å². The molecular formula is C6H10N2O2S2. The van der Waals surface area contributed by atoms with Crippen LogP contribution >= 0.6 is 23.7 Å². The number of thioether (sulfide) groups is 1. The summed E-state index contributed by atoms with van der Waals surface area (Å²) < 4.78 is 6.53. The molecule has 0 saturated carbocycles. The third kappa shape index (κ3) is 2.94. The summed E-state index contributed by atoms with van der Waals surface area (Å²) >= 11 is 3.10. The van der Waals surface area contributed by atoms with E-state index < -0.39 is 0 Å². The van der Waals surface area contributed by atoms with Gasteiger partial charge in [0.1, 0.15) is 4.58 Å². The first-order valence-electron chi connectivity index (χ1n) is 3.35. The van der Waals surface area contributed by atoms with Crippen LogP contribution in [0.25, 0.3) is 0 Å². The van der Waals surface area contributed by atoms with E-state index in [2.05, 4.69) is 9.84 Å². The first-order valence-corrected chi connectivity index (χ1v) is 5.24. The molecule has 0 aromatic heterocycles. The second kappa shape index (κ2) is 4.61. The summed E-state index contributed by atoms with van der Waals surface area (Å²) in [5.41, 5.74) is 0. The van der Waals surface area contributed by atoms with E-state index in [9.17, 15) is 4.79 Å². The molecule has 1 atom stereocenters. The molecule has 12 heavy (non-hydrogen) atoms. The Hall–Kier alpha value is -0.360. The zero-order valence-electron chi connectivity index (χ0n) is 6.89. The van der Waals surface area contributed by atoms with Crippen molar-refractivity contribution in [3.05, 3.63) is 0 Å². The van der Waals surface area contributed by atoms with Gasteiger partial charge in [0, 0.05) is 7.05 Å². The summed E-state index contributed by atoms with van der Waals surface area (Å²) in [6.45, 7) is 0. The Morgan fingerprint density at radius 3 is 3.17 bits per heavy atom. The Kier molecular flexibility index (Phi) is 3.74. The van der Waals surface area contributed by atoms with Crippen LogP contribution in [0, 0.1) is 0 Å². The number of rotatable bonds is 3. The Morgan fingerprint density at radius 1 is 1.92 bits per heavy atom. The number of esters is 1. The molecule has 0 aliphatic carbocycles. The molecule has 0 fully saturated rings. The van der Waals surface area contributed by atoms with Gasteiger partial charge in [-0.05, 0) is 11.9 Å². The molecule has 0 saturated heterocycles. The number of carbonyl (C=O) groups excluding carboxylic acids is 1. The maximum absolute atomic E-state index is 10.7. The van der Waals surface area contributed by atoms with Crippen LogP contribution in [0.2, 0.25) is 0 Å². The normalized spacial score (nSPS) is 21.5. The maximum atomic E-state index is 10.7. The van der Waals surface area contributed by atoms with Crippen LogP contribution in [0.1, 0.15) is 0 Å². The van der Waals surface area contributed by atoms with Crippen molar-refractivity contribution in [3.8, 4) is 0 Å². The molecule has 4 nitrogen and oxygen atoms in total. The number of methoxy groups -OCH3 is 1. The van der Waals surface area contributed by atoms with Crippen molar-refractivity contribution in [2.75, 3.05) is 19.9 Å². The quantitative estimate of drug-likeness (QED) is 0.504. The number of nitrogens with zero attached hydrogens (tertiary/aromatic N) is 2. The SMILES string of the molecule is COC(=O)CSC1C=NN(C)S1. The summed E-state index contributed by atoms with van der Waals surface area (Å²) in [6, 6.07) is 0. The van der Waals surface area contributed by atoms with Crippen LogP contribution in [-0.2, 0) is 9.53 Å². The van der Waals surface area contributed by atoms with Crippen molar-refractivity contribution in [1.82, 2.24) is 4.41 Å². The van der Waals surface area contributed by atoms with Gasteiger partial charge in [-0.2, -0.15) is 5.10 Å². The van der Waals surface area contributed by atoms with Gasteiger partial charge >= 0.3 is 5.97 Å². The van der Waals surface area contributed by atoms with Crippen LogP contribution in [0.3, 0.4) is 0 Å². The molecule has 0 bridgehead atoms. The summed E-state index contributed by atoms with van der Waals surface area (Å²) in [4.78, 5) is 10.7. The summed E-state index contributed by atoms with van der Waals surface area (Å²) in [6.07, 6.45) is 1.82. The largest absolute Gasteiger partial charge is 0.468 e. The van der Waals surface area contributed by atoms with Crippen LogP contribution in [0.4, 0.5) is 0 Å². The highest BCUT2D eigenvalue weighted by Gasteiger charge is 2.17. The average molecular weight is 206 g/mol. The van der Waals surface area contributed by atoms with E-state index >= 15 is 0 Å². The van der Waals surface area contributed by atoms with Gasteiger partial charge in [0.15, 0.2) is 0 Å². The number of hydrogen-bond acceptors (Lipinski definition) is 6. The maximum Gasteiger partial charge on any atom is 0.315 e. The predicted octanol–water partition coefficient (Wildman–Crippen LogP) is 0.798. The molecule has 0 aromatic rings. The van der Waals surface area contributed by atoms with Gasteiger partial charge in [0.2, 0.25) is 0 Å². The average Bonchev–Trinajstić information content (AvgIpc) is 2.47. The molecule has 1 heterocycles. The van der Waals surface area contributed by atoms with E-state index in [1.807, 2.05) is 13.3 Å². The lowest BCUT2D eigenvalue weighted by atomic mass is 10.8. The third-order valence-electron chi connectivity index (χ3n) is 1.20. The smallest absolute Gasteiger partial charge is 0.315 e.